The van der Waals surface area contributed by atoms with Crippen LogP contribution in [0.25, 0.3) is 0 Å². The summed E-state index contributed by atoms with van der Waals surface area (Å²) in [6, 6.07) is 0. The van der Waals surface area contributed by atoms with E-state index in [2.05, 4.69) is 0 Å². The third-order valence-electron chi connectivity index (χ3n) is 2.47. The molecule has 0 aliphatic carbocycles. The van der Waals surface area contributed by atoms with Gasteiger partial charge in [-0.15, -0.1) is 0 Å². The first-order valence-electron chi connectivity index (χ1n) is 5.03. The first-order chi connectivity index (χ1) is 7.36. The first kappa shape index (κ1) is 14.4. The minimum absolute atomic E-state index is 0.0200. The molecule has 0 bridgehead atoms. The van der Waals surface area contributed by atoms with E-state index in [4.69, 9.17) is 15.3 Å². The fraction of sp³-hybridized carbons (Fsp3) is 0.700. The smallest absolute Gasteiger partial charge is 0.307 e. The molecule has 0 radical (unpaired) electrons. The third-order valence-corrected chi connectivity index (χ3v) is 2.47. The predicted molar refractivity (Wildman–Crippen MR) is 54.0 cm³/mol. The normalized spacial score (nSPS) is 14.1. The molecule has 0 aliphatic rings. The Labute approximate surface area is 92.9 Å². The largest absolute Gasteiger partial charge is 0.481 e. The minimum atomic E-state index is -1.15. The number of carboxylic acids is 3. The van der Waals surface area contributed by atoms with Crippen LogP contribution in [0.3, 0.4) is 0 Å². The minimum Gasteiger partial charge on any atom is -0.481 e. The Kier molecular flexibility index (Phi) is 6.14. The fourth-order valence-electron chi connectivity index (χ4n) is 1.40. The zero-order chi connectivity index (χ0) is 12.7. The molecule has 0 aromatic carbocycles. The quantitative estimate of drug-likeness (QED) is 0.539. The summed E-state index contributed by atoms with van der Waals surface area (Å²) in [7, 11) is 0. The van der Waals surface area contributed by atoms with Crippen LogP contribution in [0.5, 0.6) is 0 Å². The molecule has 0 saturated carbocycles. The van der Waals surface area contributed by atoms with Crippen LogP contribution in [0.15, 0.2) is 0 Å². The average molecular weight is 232 g/mol. The van der Waals surface area contributed by atoms with Crippen LogP contribution in [-0.2, 0) is 14.4 Å². The topological polar surface area (TPSA) is 112 Å². The van der Waals surface area contributed by atoms with Crippen LogP contribution in [0.1, 0.15) is 32.6 Å². The molecule has 0 heterocycles. The molecule has 3 N–H and O–H groups in total. The molecular weight excluding hydrogens is 216 g/mol. The maximum atomic E-state index is 10.8. The summed E-state index contributed by atoms with van der Waals surface area (Å²) in [5.41, 5.74) is 0. The average Bonchev–Trinajstić information content (AvgIpc) is 2.15. The molecular formula is C10H16O6. The van der Waals surface area contributed by atoms with Gasteiger partial charge >= 0.3 is 17.9 Å². The van der Waals surface area contributed by atoms with Gasteiger partial charge in [0.25, 0.3) is 0 Å². The lowest BCUT2D eigenvalue weighted by atomic mass is 9.89. The number of hydrogen-bond donors (Lipinski definition) is 3. The molecule has 0 aromatic heterocycles. The molecule has 6 heteroatoms. The van der Waals surface area contributed by atoms with Gasteiger partial charge in [0.05, 0.1) is 11.8 Å². The van der Waals surface area contributed by atoms with Crippen molar-refractivity contribution in [2.45, 2.75) is 32.6 Å². The molecule has 16 heavy (non-hydrogen) atoms. The predicted octanol–water partition coefficient (Wildman–Crippen LogP) is 1.05. The van der Waals surface area contributed by atoms with Gasteiger partial charge in [0.2, 0.25) is 0 Å². The summed E-state index contributed by atoms with van der Waals surface area (Å²) in [5, 5.41) is 25.9. The maximum absolute atomic E-state index is 10.8. The monoisotopic (exact) mass is 232 g/mol. The highest BCUT2D eigenvalue weighted by Crippen LogP contribution is 2.19. The number of carbonyl (C=O) groups is 3. The van der Waals surface area contributed by atoms with Crippen LogP contribution in [0, 0.1) is 11.8 Å². The Morgan fingerprint density at radius 3 is 1.94 bits per heavy atom. The molecule has 2 unspecified atom stereocenters. The number of aliphatic carboxylic acids is 3. The van der Waals surface area contributed by atoms with Crippen molar-refractivity contribution in [3.05, 3.63) is 0 Å². The summed E-state index contributed by atoms with van der Waals surface area (Å²) >= 11 is 0. The number of unbranched alkanes of at least 4 members (excludes halogenated alkanes) is 1. The molecule has 92 valence electrons. The Morgan fingerprint density at radius 1 is 1.00 bits per heavy atom. The van der Waals surface area contributed by atoms with Gasteiger partial charge in [-0.25, -0.2) is 0 Å². The van der Waals surface area contributed by atoms with Crippen molar-refractivity contribution >= 4 is 17.9 Å². The Bertz CT molecular complexity index is 272. The van der Waals surface area contributed by atoms with Crippen molar-refractivity contribution in [1.29, 1.82) is 0 Å². The highest BCUT2D eigenvalue weighted by Gasteiger charge is 2.29. The molecule has 0 amide bonds. The Balaban J connectivity index is 4.10. The van der Waals surface area contributed by atoms with Crippen LogP contribution in [0.2, 0.25) is 0 Å². The van der Waals surface area contributed by atoms with Gasteiger partial charge in [-0.2, -0.15) is 0 Å². The number of hydrogen-bond acceptors (Lipinski definition) is 3. The molecule has 0 aromatic rings. The fourth-order valence-corrected chi connectivity index (χ4v) is 1.40. The molecule has 0 fully saturated rings. The van der Waals surface area contributed by atoms with Crippen LogP contribution >= 0.6 is 0 Å². The SMILES string of the molecule is CC(C(=O)O)C(CCCCC(=O)O)C(=O)O. The summed E-state index contributed by atoms with van der Waals surface area (Å²) in [6.45, 7) is 1.35. The molecule has 0 spiro atoms. The molecule has 0 saturated heterocycles. The van der Waals surface area contributed by atoms with E-state index < -0.39 is 29.7 Å². The second kappa shape index (κ2) is 6.81. The molecule has 0 rings (SSSR count). The van der Waals surface area contributed by atoms with E-state index in [1.54, 1.807) is 0 Å². The van der Waals surface area contributed by atoms with Gasteiger partial charge in [-0.1, -0.05) is 13.3 Å². The third kappa shape index (κ3) is 5.33. The van der Waals surface area contributed by atoms with Crippen molar-refractivity contribution in [2.75, 3.05) is 0 Å². The van der Waals surface area contributed by atoms with E-state index >= 15 is 0 Å². The highest BCUT2D eigenvalue weighted by atomic mass is 16.4. The van der Waals surface area contributed by atoms with Gasteiger partial charge in [0.1, 0.15) is 0 Å². The van der Waals surface area contributed by atoms with Crippen LogP contribution in [0.4, 0.5) is 0 Å². The van der Waals surface area contributed by atoms with E-state index in [1.807, 2.05) is 0 Å². The summed E-state index contributed by atoms with van der Waals surface area (Å²) in [6.07, 6.45) is 0.941. The van der Waals surface area contributed by atoms with E-state index in [-0.39, 0.29) is 12.8 Å². The Hall–Kier alpha value is -1.59. The molecule has 6 nitrogen and oxygen atoms in total. The van der Waals surface area contributed by atoms with E-state index in [1.165, 1.54) is 6.92 Å². The lowest BCUT2D eigenvalue weighted by Crippen LogP contribution is -2.27. The summed E-state index contributed by atoms with van der Waals surface area (Å²) < 4.78 is 0. The maximum Gasteiger partial charge on any atom is 0.307 e. The van der Waals surface area contributed by atoms with E-state index in [0.717, 1.165) is 0 Å². The zero-order valence-electron chi connectivity index (χ0n) is 9.05. The van der Waals surface area contributed by atoms with Gasteiger partial charge in [-0.05, 0) is 12.8 Å². The van der Waals surface area contributed by atoms with Crippen molar-refractivity contribution in [3.8, 4) is 0 Å². The van der Waals surface area contributed by atoms with Crippen molar-refractivity contribution in [2.24, 2.45) is 11.8 Å². The lowest BCUT2D eigenvalue weighted by molar-refractivity contribution is -0.153. The standard InChI is InChI=1S/C10H16O6/c1-6(9(13)14)7(10(15)16)4-2-3-5-8(11)12/h6-7H,2-5H2,1H3,(H,11,12)(H,13,14)(H,15,16). The molecule has 2 atom stereocenters. The van der Waals surface area contributed by atoms with Gasteiger partial charge in [-0.3, -0.25) is 14.4 Å². The number of carboxylic acid groups (broad SMARTS) is 3. The van der Waals surface area contributed by atoms with E-state index in [0.29, 0.717) is 12.8 Å². The number of rotatable bonds is 8. The van der Waals surface area contributed by atoms with E-state index in [9.17, 15) is 14.4 Å². The van der Waals surface area contributed by atoms with Crippen molar-refractivity contribution < 1.29 is 29.7 Å². The summed E-state index contributed by atoms with van der Waals surface area (Å²) in [5.74, 6) is -5.14. The van der Waals surface area contributed by atoms with Crippen LogP contribution in [-0.4, -0.2) is 33.2 Å². The van der Waals surface area contributed by atoms with Gasteiger partial charge in [0, 0.05) is 6.42 Å². The zero-order valence-corrected chi connectivity index (χ0v) is 9.05. The second-order valence-electron chi connectivity index (χ2n) is 3.71. The second-order valence-corrected chi connectivity index (χ2v) is 3.71. The van der Waals surface area contributed by atoms with Crippen molar-refractivity contribution in [3.63, 3.8) is 0 Å². The highest BCUT2D eigenvalue weighted by molar-refractivity contribution is 5.79. The Morgan fingerprint density at radius 2 is 1.56 bits per heavy atom. The molecule has 0 aliphatic heterocycles. The first-order valence-corrected chi connectivity index (χ1v) is 5.03. The van der Waals surface area contributed by atoms with Crippen LogP contribution < -0.4 is 0 Å². The van der Waals surface area contributed by atoms with Gasteiger partial charge in [0.15, 0.2) is 0 Å². The van der Waals surface area contributed by atoms with Gasteiger partial charge < -0.3 is 15.3 Å². The lowest BCUT2D eigenvalue weighted by Gasteiger charge is -2.15. The van der Waals surface area contributed by atoms with Crippen molar-refractivity contribution in [1.82, 2.24) is 0 Å². The summed E-state index contributed by atoms with van der Waals surface area (Å²) in [4.78, 5) is 31.6.